The molecule has 0 saturated carbocycles. The van der Waals surface area contributed by atoms with Crippen LogP contribution in [0.15, 0.2) is 67.4 Å². The standard InChI is InChI=1S/C22H21N7O/c30-21(27-11-5-12-28(15-14-27)22-24-8-4-9-25-22)18-16-29-13-10-23-19(20(29)26-18)17-6-2-1-3-7-17/h1-4,6-10,13,16H,5,11-12,14-15H2. The zero-order chi connectivity index (χ0) is 20.3. The van der Waals surface area contributed by atoms with Crippen LogP contribution in [0.4, 0.5) is 5.95 Å². The van der Waals surface area contributed by atoms with Gasteiger partial charge in [0.15, 0.2) is 5.65 Å². The van der Waals surface area contributed by atoms with Crippen LogP contribution in [0.1, 0.15) is 16.9 Å². The third-order valence-corrected chi connectivity index (χ3v) is 5.26. The average Bonchev–Trinajstić information content (AvgIpc) is 3.10. The first-order valence-corrected chi connectivity index (χ1v) is 10.00. The lowest BCUT2D eigenvalue weighted by molar-refractivity contribution is 0.0762. The largest absolute Gasteiger partial charge is 0.339 e. The van der Waals surface area contributed by atoms with Gasteiger partial charge in [0.05, 0.1) is 0 Å². The van der Waals surface area contributed by atoms with Crippen LogP contribution in [-0.2, 0) is 0 Å². The van der Waals surface area contributed by atoms with E-state index in [4.69, 9.17) is 0 Å². The predicted molar refractivity (Wildman–Crippen MR) is 113 cm³/mol. The van der Waals surface area contributed by atoms with Crippen molar-refractivity contribution in [3.8, 4) is 11.3 Å². The molecule has 1 saturated heterocycles. The van der Waals surface area contributed by atoms with Gasteiger partial charge < -0.3 is 14.2 Å². The summed E-state index contributed by atoms with van der Waals surface area (Å²) in [5.41, 5.74) is 2.85. The van der Waals surface area contributed by atoms with E-state index in [1.54, 1.807) is 30.9 Å². The first kappa shape index (κ1) is 18.2. The molecule has 0 aliphatic carbocycles. The van der Waals surface area contributed by atoms with E-state index < -0.39 is 0 Å². The zero-order valence-corrected chi connectivity index (χ0v) is 16.4. The number of anilines is 1. The molecule has 8 nitrogen and oxygen atoms in total. The van der Waals surface area contributed by atoms with Gasteiger partial charge in [-0.05, 0) is 12.5 Å². The maximum atomic E-state index is 13.2. The van der Waals surface area contributed by atoms with Gasteiger partial charge in [-0.25, -0.2) is 15.0 Å². The summed E-state index contributed by atoms with van der Waals surface area (Å²) in [5, 5.41) is 0. The van der Waals surface area contributed by atoms with Gasteiger partial charge in [0.25, 0.3) is 5.91 Å². The second kappa shape index (κ2) is 7.90. The van der Waals surface area contributed by atoms with Crippen LogP contribution >= 0.6 is 0 Å². The molecular formula is C22H21N7O. The molecule has 1 aliphatic rings. The maximum Gasteiger partial charge on any atom is 0.274 e. The van der Waals surface area contributed by atoms with E-state index >= 15 is 0 Å². The minimum atomic E-state index is -0.0615. The summed E-state index contributed by atoms with van der Waals surface area (Å²) in [5.74, 6) is 0.645. The summed E-state index contributed by atoms with van der Waals surface area (Å²) in [7, 11) is 0. The highest BCUT2D eigenvalue weighted by atomic mass is 16.2. The van der Waals surface area contributed by atoms with Gasteiger partial charge in [0.2, 0.25) is 5.95 Å². The van der Waals surface area contributed by atoms with Gasteiger partial charge in [0, 0.05) is 62.7 Å². The van der Waals surface area contributed by atoms with Crippen molar-refractivity contribution >= 4 is 17.5 Å². The van der Waals surface area contributed by atoms with Gasteiger partial charge >= 0.3 is 0 Å². The number of imidazole rings is 1. The van der Waals surface area contributed by atoms with Crippen molar-refractivity contribution < 1.29 is 4.79 Å². The molecule has 0 N–H and O–H groups in total. The Balaban J connectivity index is 1.39. The number of carbonyl (C=O) groups is 1. The third-order valence-electron chi connectivity index (χ3n) is 5.26. The summed E-state index contributed by atoms with van der Waals surface area (Å²) >= 11 is 0. The number of hydrogen-bond acceptors (Lipinski definition) is 6. The Morgan fingerprint density at radius 2 is 1.70 bits per heavy atom. The fourth-order valence-corrected chi connectivity index (χ4v) is 3.76. The molecule has 0 bridgehead atoms. The zero-order valence-electron chi connectivity index (χ0n) is 16.4. The Bertz CT molecular complexity index is 1160. The number of carbonyl (C=O) groups excluding carboxylic acids is 1. The molecule has 0 radical (unpaired) electrons. The van der Waals surface area contributed by atoms with Crippen molar-refractivity contribution in [2.45, 2.75) is 6.42 Å². The van der Waals surface area contributed by atoms with Crippen LogP contribution in [0, 0.1) is 0 Å². The molecule has 8 heteroatoms. The van der Waals surface area contributed by atoms with Crippen LogP contribution in [0.25, 0.3) is 16.9 Å². The summed E-state index contributed by atoms with van der Waals surface area (Å²) in [6, 6.07) is 11.7. The minimum Gasteiger partial charge on any atom is -0.339 e. The number of rotatable bonds is 3. The summed E-state index contributed by atoms with van der Waals surface area (Å²) in [6.07, 6.45) is 9.68. The molecule has 0 unspecified atom stereocenters. The van der Waals surface area contributed by atoms with E-state index in [2.05, 4.69) is 24.8 Å². The molecule has 30 heavy (non-hydrogen) atoms. The van der Waals surface area contributed by atoms with Gasteiger partial charge in [0.1, 0.15) is 11.4 Å². The summed E-state index contributed by atoms with van der Waals surface area (Å²) in [4.78, 5) is 35.0. The number of amides is 1. The molecule has 3 aromatic heterocycles. The predicted octanol–water partition coefficient (Wildman–Crippen LogP) is 2.54. The summed E-state index contributed by atoms with van der Waals surface area (Å²) < 4.78 is 1.87. The first-order valence-electron chi connectivity index (χ1n) is 10.00. The lowest BCUT2D eigenvalue weighted by atomic mass is 10.1. The molecule has 4 heterocycles. The second-order valence-corrected chi connectivity index (χ2v) is 7.18. The van der Waals surface area contributed by atoms with Crippen LogP contribution < -0.4 is 4.90 Å². The Hall–Kier alpha value is -3.81. The van der Waals surface area contributed by atoms with Crippen molar-refractivity contribution in [3.05, 3.63) is 73.1 Å². The van der Waals surface area contributed by atoms with E-state index in [9.17, 15) is 4.79 Å². The van der Waals surface area contributed by atoms with Crippen LogP contribution in [0.3, 0.4) is 0 Å². The van der Waals surface area contributed by atoms with Crippen LogP contribution in [-0.4, -0.2) is 61.3 Å². The molecular weight excluding hydrogens is 378 g/mol. The monoisotopic (exact) mass is 399 g/mol. The molecule has 150 valence electrons. The molecule has 1 aromatic carbocycles. The second-order valence-electron chi connectivity index (χ2n) is 7.18. The van der Waals surface area contributed by atoms with E-state index in [0.29, 0.717) is 36.9 Å². The smallest absolute Gasteiger partial charge is 0.274 e. The van der Waals surface area contributed by atoms with Gasteiger partial charge in [-0.2, -0.15) is 0 Å². The fourth-order valence-electron chi connectivity index (χ4n) is 3.76. The van der Waals surface area contributed by atoms with Crippen molar-refractivity contribution in [3.63, 3.8) is 0 Å². The Labute approximate surface area is 173 Å². The molecule has 4 aromatic rings. The lowest BCUT2D eigenvalue weighted by Crippen LogP contribution is -2.35. The lowest BCUT2D eigenvalue weighted by Gasteiger charge is -2.21. The molecule has 0 spiro atoms. The van der Waals surface area contributed by atoms with Gasteiger partial charge in [-0.1, -0.05) is 30.3 Å². The van der Waals surface area contributed by atoms with Crippen molar-refractivity contribution in [1.29, 1.82) is 0 Å². The number of aromatic nitrogens is 5. The Kier molecular flexibility index (Phi) is 4.80. The highest BCUT2D eigenvalue weighted by Gasteiger charge is 2.24. The normalized spacial score (nSPS) is 14.7. The van der Waals surface area contributed by atoms with E-state index in [1.807, 2.05) is 45.8 Å². The van der Waals surface area contributed by atoms with E-state index in [0.717, 1.165) is 24.2 Å². The highest BCUT2D eigenvalue weighted by molar-refractivity contribution is 5.93. The molecule has 1 fully saturated rings. The van der Waals surface area contributed by atoms with Crippen LogP contribution in [0.5, 0.6) is 0 Å². The quantitative estimate of drug-likeness (QED) is 0.527. The number of fused-ring (bicyclic) bond motifs is 1. The van der Waals surface area contributed by atoms with Gasteiger partial charge in [-0.3, -0.25) is 9.78 Å². The molecule has 5 rings (SSSR count). The Morgan fingerprint density at radius 1 is 0.867 bits per heavy atom. The van der Waals surface area contributed by atoms with E-state index in [1.165, 1.54) is 0 Å². The maximum absolute atomic E-state index is 13.2. The minimum absolute atomic E-state index is 0.0615. The molecule has 1 amide bonds. The molecule has 0 atom stereocenters. The van der Waals surface area contributed by atoms with Crippen molar-refractivity contribution in [2.75, 3.05) is 31.1 Å². The first-order chi connectivity index (χ1) is 14.8. The fraction of sp³-hybridized carbons (Fsp3) is 0.227. The summed E-state index contributed by atoms with van der Waals surface area (Å²) in [6.45, 7) is 2.80. The van der Waals surface area contributed by atoms with E-state index in [-0.39, 0.29) is 5.91 Å². The van der Waals surface area contributed by atoms with Gasteiger partial charge in [-0.15, -0.1) is 0 Å². The van der Waals surface area contributed by atoms with Crippen molar-refractivity contribution in [1.82, 2.24) is 29.2 Å². The highest BCUT2D eigenvalue weighted by Crippen LogP contribution is 2.22. The number of hydrogen-bond donors (Lipinski definition) is 0. The average molecular weight is 399 g/mol. The number of nitrogens with zero attached hydrogens (tertiary/aromatic N) is 7. The third kappa shape index (κ3) is 3.47. The molecule has 1 aliphatic heterocycles. The number of benzene rings is 1. The Morgan fingerprint density at radius 3 is 2.53 bits per heavy atom. The topological polar surface area (TPSA) is 79.5 Å². The SMILES string of the molecule is O=C(c1cn2ccnc(-c3ccccc3)c2n1)N1CCCN(c2ncccn2)CC1. The van der Waals surface area contributed by atoms with Crippen LogP contribution in [0.2, 0.25) is 0 Å². The van der Waals surface area contributed by atoms with Crippen molar-refractivity contribution in [2.24, 2.45) is 0 Å².